The topological polar surface area (TPSA) is 3.24 Å². The Labute approximate surface area is 106 Å². The minimum Gasteiger partial charge on any atom is -0.291 e. The van der Waals surface area contributed by atoms with E-state index in [1.807, 2.05) is 7.05 Å². The zero-order valence-electron chi connectivity index (χ0n) is 10.8. The second-order valence-electron chi connectivity index (χ2n) is 4.32. The largest absolute Gasteiger partial charge is 0.291 e. The zero-order chi connectivity index (χ0) is 12.4. The van der Waals surface area contributed by atoms with E-state index in [1.165, 1.54) is 24.8 Å². The minimum absolute atomic E-state index is 0.357. The van der Waals surface area contributed by atoms with Crippen molar-refractivity contribution in [2.24, 2.45) is 0 Å². The molecule has 0 aliphatic heterocycles. The molecule has 0 bridgehead atoms. The van der Waals surface area contributed by atoms with Gasteiger partial charge in [-0.25, -0.2) is 0 Å². The molecule has 0 aromatic rings. The fraction of sp³-hybridized carbons (Fsp3) is 0.714. The van der Waals surface area contributed by atoms with Gasteiger partial charge >= 0.3 is 0 Å². The van der Waals surface area contributed by atoms with Crippen LogP contribution >= 0.6 is 11.6 Å². The molecule has 1 atom stereocenters. The fourth-order valence-electron chi connectivity index (χ4n) is 1.61. The molecule has 0 radical (unpaired) electrons. The van der Waals surface area contributed by atoms with Crippen molar-refractivity contribution in [1.29, 1.82) is 0 Å². The molecule has 0 aliphatic carbocycles. The van der Waals surface area contributed by atoms with Crippen molar-refractivity contribution in [3.63, 3.8) is 0 Å². The molecule has 0 N–H and O–H groups in total. The maximum absolute atomic E-state index is 5.97. The Hall–Kier alpha value is -0.450. The summed E-state index contributed by atoms with van der Waals surface area (Å²) in [4.78, 5) is 2.14. The van der Waals surface area contributed by atoms with Gasteiger partial charge in [-0.2, -0.15) is 0 Å². The minimum atomic E-state index is 0.357. The van der Waals surface area contributed by atoms with E-state index in [0.29, 0.717) is 18.5 Å². The van der Waals surface area contributed by atoms with Crippen LogP contribution in [0, 0.1) is 12.3 Å². The maximum atomic E-state index is 5.97. The van der Waals surface area contributed by atoms with Gasteiger partial charge in [-0.1, -0.05) is 37.3 Å². The van der Waals surface area contributed by atoms with Gasteiger partial charge in [0.1, 0.15) is 0 Å². The highest BCUT2D eigenvalue weighted by Gasteiger charge is 2.12. The van der Waals surface area contributed by atoms with Crippen molar-refractivity contribution >= 4 is 11.6 Å². The maximum Gasteiger partial charge on any atom is 0.0599 e. The lowest BCUT2D eigenvalue weighted by Gasteiger charge is -2.24. The smallest absolute Gasteiger partial charge is 0.0599 e. The van der Waals surface area contributed by atoms with Crippen LogP contribution in [-0.2, 0) is 0 Å². The standard InChI is InChI=1S/C14H24ClN/c1-5-7-8-9-13(3)11-14(12-15)16(4)10-6-2/h2,9,14H,5,7-8,10-12H2,1,3-4H3/b13-9+/t14-/m0/s1. The monoisotopic (exact) mass is 241 g/mol. The third-order valence-corrected chi connectivity index (χ3v) is 3.11. The van der Waals surface area contributed by atoms with Crippen LogP contribution in [0.25, 0.3) is 0 Å². The Bertz CT molecular complexity index is 240. The van der Waals surface area contributed by atoms with Crippen molar-refractivity contribution < 1.29 is 0 Å². The van der Waals surface area contributed by atoms with E-state index in [0.717, 1.165) is 6.42 Å². The molecule has 1 nitrogen and oxygen atoms in total. The van der Waals surface area contributed by atoms with Crippen LogP contribution in [0.5, 0.6) is 0 Å². The van der Waals surface area contributed by atoms with Gasteiger partial charge in [-0.3, -0.25) is 4.90 Å². The molecule has 0 saturated heterocycles. The number of halogens is 1. The summed E-state index contributed by atoms with van der Waals surface area (Å²) < 4.78 is 0. The van der Waals surface area contributed by atoms with Crippen LogP contribution in [0.15, 0.2) is 11.6 Å². The second-order valence-corrected chi connectivity index (χ2v) is 4.63. The summed E-state index contributed by atoms with van der Waals surface area (Å²) in [5.41, 5.74) is 1.42. The third-order valence-electron chi connectivity index (χ3n) is 2.75. The zero-order valence-corrected chi connectivity index (χ0v) is 11.6. The first kappa shape index (κ1) is 15.6. The number of hydrogen-bond donors (Lipinski definition) is 0. The van der Waals surface area contributed by atoms with Gasteiger partial charge in [0, 0.05) is 11.9 Å². The van der Waals surface area contributed by atoms with Crippen molar-refractivity contribution in [3.8, 4) is 12.3 Å². The lowest BCUT2D eigenvalue weighted by atomic mass is 10.1. The summed E-state index contributed by atoms with van der Waals surface area (Å²) in [5.74, 6) is 3.29. The Morgan fingerprint density at radius 2 is 2.25 bits per heavy atom. The molecule has 16 heavy (non-hydrogen) atoms. The SMILES string of the molecule is C#CCN(C)[C@H](CCl)C/C(C)=C/CCCC. The molecule has 0 aliphatic rings. The highest BCUT2D eigenvalue weighted by Crippen LogP contribution is 2.13. The number of unbranched alkanes of at least 4 members (excludes halogenated alkanes) is 2. The second kappa shape index (κ2) is 9.75. The molecule has 0 fully saturated rings. The van der Waals surface area contributed by atoms with E-state index in [9.17, 15) is 0 Å². The number of alkyl halides is 1. The Morgan fingerprint density at radius 1 is 1.56 bits per heavy atom. The molecule has 0 aromatic carbocycles. The molecule has 2 heteroatoms. The fourth-order valence-corrected chi connectivity index (χ4v) is 1.95. The van der Waals surface area contributed by atoms with Crippen LogP contribution in [0.2, 0.25) is 0 Å². The van der Waals surface area contributed by atoms with Gasteiger partial charge in [0.2, 0.25) is 0 Å². The van der Waals surface area contributed by atoms with Crippen molar-refractivity contribution in [1.82, 2.24) is 4.90 Å². The van der Waals surface area contributed by atoms with Gasteiger partial charge in [-0.05, 0) is 26.8 Å². The quantitative estimate of drug-likeness (QED) is 0.271. The van der Waals surface area contributed by atoms with Crippen LogP contribution in [0.1, 0.15) is 39.5 Å². The summed E-state index contributed by atoms with van der Waals surface area (Å²) in [7, 11) is 2.03. The highest BCUT2D eigenvalue weighted by atomic mass is 35.5. The summed E-state index contributed by atoms with van der Waals surface area (Å²) in [6.07, 6.45) is 12.3. The van der Waals surface area contributed by atoms with Crippen LogP contribution < -0.4 is 0 Å². The third kappa shape index (κ3) is 6.93. The predicted molar refractivity (Wildman–Crippen MR) is 73.9 cm³/mol. The number of rotatable bonds is 8. The summed E-state index contributed by atoms with van der Waals surface area (Å²) in [5, 5.41) is 0. The molecule has 0 saturated carbocycles. The number of nitrogens with zero attached hydrogens (tertiary/aromatic N) is 1. The number of terminal acetylenes is 1. The molecule has 0 spiro atoms. The number of allylic oxidation sites excluding steroid dienone is 1. The molecule has 0 heterocycles. The lowest BCUT2D eigenvalue weighted by Crippen LogP contribution is -2.33. The molecule has 0 unspecified atom stereocenters. The lowest BCUT2D eigenvalue weighted by molar-refractivity contribution is 0.289. The average molecular weight is 242 g/mol. The average Bonchev–Trinajstić information content (AvgIpc) is 2.26. The van der Waals surface area contributed by atoms with Crippen molar-refractivity contribution in [3.05, 3.63) is 11.6 Å². The van der Waals surface area contributed by atoms with E-state index in [1.54, 1.807) is 0 Å². The van der Waals surface area contributed by atoms with Gasteiger partial charge in [-0.15, -0.1) is 18.0 Å². The van der Waals surface area contributed by atoms with E-state index < -0.39 is 0 Å². The number of hydrogen-bond acceptors (Lipinski definition) is 1. The van der Waals surface area contributed by atoms with Crippen LogP contribution in [0.3, 0.4) is 0 Å². The molecule has 92 valence electrons. The molecular weight excluding hydrogens is 218 g/mol. The first-order chi connectivity index (χ1) is 7.65. The first-order valence-corrected chi connectivity index (χ1v) is 6.54. The van der Waals surface area contributed by atoms with E-state index in [-0.39, 0.29) is 0 Å². The molecule has 0 amide bonds. The van der Waals surface area contributed by atoms with Crippen molar-refractivity contribution in [2.75, 3.05) is 19.5 Å². The molecular formula is C14H24ClN. The predicted octanol–water partition coefficient (Wildman–Crippen LogP) is 3.69. The first-order valence-electron chi connectivity index (χ1n) is 6.01. The Kier molecular flexibility index (Phi) is 9.48. The summed E-state index contributed by atoms with van der Waals surface area (Å²) >= 11 is 5.97. The molecule has 0 rings (SSSR count). The van der Waals surface area contributed by atoms with Gasteiger partial charge < -0.3 is 0 Å². The summed E-state index contributed by atoms with van der Waals surface area (Å²) in [6.45, 7) is 5.06. The Morgan fingerprint density at radius 3 is 2.75 bits per heavy atom. The Balaban J connectivity index is 4.10. The normalized spacial score (nSPS) is 13.9. The van der Waals surface area contributed by atoms with Crippen molar-refractivity contribution in [2.45, 2.75) is 45.6 Å². The molecule has 0 aromatic heterocycles. The van der Waals surface area contributed by atoms with Gasteiger partial charge in [0.05, 0.1) is 6.54 Å². The van der Waals surface area contributed by atoms with Gasteiger partial charge in [0.15, 0.2) is 0 Å². The summed E-state index contributed by atoms with van der Waals surface area (Å²) in [6, 6.07) is 0.357. The van der Waals surface area contributed by atoms with E-state index >= 15 is 0 Å². The highest BCUT2D eigenvalue weighted by molar-refractivity contribution is 6.18. The van der Waals surface area contributed by atoms with E-state index in [2.05, 4.69) is 30.7 Å². The van der Waals surface area contributed by atoms with E-state index in [4.69, 9.17) is 18.0 Å². The van der Waals surface area contributed by atoms with Crippen LogP contribution in [0.4, 0.5) is 0 Å². The van der Waals surface area contributed by atoms with Crippen LogP contribution in [-0.4, -0.2) is 30.4 Å². The van der Waals surface area contributed by atoms with Gasteiger partial charge in [0.25, 0.3) is 0 Å².